The number of nitrogens with one attached hydrogen (secondary N) is 1. The Bertz CT molecular complexity index is 1220. The van der Waals surface area contributed by atoms with E-state index < -0.39 is 28.3 Å². The Hall–Kier alpha value is -2.86. The van der Waals surface area contributed by atoms with Crippen LogP contribution < -0.4 is 19.1 Å². The third-order valence-electron chi connectivity index (χ3n) is 4.48. The third kappa shape index (κ3) is 5.30. The zero-order valence-electron chi connectivity index (χ0n) is 17.2. The van der Waals surface area contributed by atoms with E-state index in [-0.39, 0.29) is 16.3 Å². The summed E-state index contributed by atoms with van der Waals surface area (Å²) in [6.45, 7) is -0.635. The zero-order chi connectivity index (χ0) is 23.3. The molecule has 0 aliphatic carbocycles. The molecule has 0 spiro atoms. The number of halogens is 2. The van der Waals surface area contributed by atoms with Gasteiger partial charge in [-0.25, -0.2) is 12.8 Å². The second-order valence-electron chi connectivity index (χ2n) is 6.53. The van der Waals surface area contributed by atoms with Crippen molar-refractivity contribution in [1.82, 2.24) is 0 Å². The van der Waals surface area contributed by atoms with Gasteiger partial charge >= 0.3 is 0 Å². The van der Waals surface area contributed by atoms with Crippen LogP contribution in [0.25, 0.3) is 0 Å². The van der Waals surface area contributed by atoms with E-state index in [2.05, 4.69) is 27.9 Å². The number of ether oxygens (including phenoxy) is 2. The number of hydrogen-bond acceptors (Lipinski definition) is 5. The highest BCUT2D eigenvalue weighted by Crippen LogP contribution is 2.32. The molecule has 0 heterocycles. The summed E-state index contributed by atoms with van der Waals surface area (Å²) in [5.74, 6) is -0.886. The zero-order valence-corrected chi connectivity index (χ0v) is 20.2. The van der Waals surface area contributed by atoms with Gasteiger partial charge in [-0.05, 0) is 71.1 Å². The lowest BCUT2D eigenvalue weighted by Crippen LogP contribution is -2.38. The SMILES string of the molecule is COc1ccc(S(=O)(=O)N(CC(=O)Nc2ccc(I)cc2)c2ccccc2F)cc1OC. The molecular weight excluding hydrogens is 550 g/mol. The average Bonchev–Trinajstić information content (AvgIpc) is 2.79. The van der Waals surface area contributed by atoms with E-state index in [4.69, 9.17) is 9.47 Å². The number of carbonyl (C=O) groups excluding carboxylic acids is 1. The van der Waals surface area contributed by atoms with Crippen LogP contribution in [0.3, 0.4) is 0 Å². The largest absolute Gasteiger partial charge is 0.493 e. The van der Waals surface area contributed by atoms with Crippen molar-refractivity contribution in [3.63, 3.8) is 0 Å². The van der Waals surface area contributed by atoms with E-state index in [0.717, 1.165) is 13.9 Å². The first-order valence-electron chi connectivity index (χ1n) is 9.31. The first kappa shape index (κ1) is 23.8. The smallest absolute Gasteiger partial charge is 0.265 e. The highest BCUT2D eigenvalue weighted by Gasteiger charge is 2.30. The van der Waals surface area contributed by atoms with Gasteiger partial charge in [-0.15, -0.1) is 0 Å². The van der Waals surface area contributed by atoms with Crippen LogP contribution in [0.2, 0.25) is 0 Å². The van der Waals surface area contributed by atoms with E-state index in [1.165, 1.54) is 50.6 Å². The van der Waals surface area contributed by atoms with Gasteiger partial charge in [-0.1, -0.05) is 12.1 Å². The first-order valence-corrected chi connectivity index (χ1v) is 11.8. The van der Waals surface area contributed by atoms with E-state index >= 15 is 0 Å². The molecule has 0 atom stereocenters. The van der Waals surface area contributed by atoms with Crippen molar-refractivity contribution in [2.24, 2.45) is 0 Å². The molecule has 0 radical (unpaired) electrons. The van der Waals surface area contributed by atoms with Crippen molar-refractivity contribution >= 4 is 49.9 Å². The van der Waals surface area contributed by atoms with Crippen LogP contribution >= 0.6 is 22.6 Å². The third-order valence-corrected chi connectivity index (χ3v) is 6.95. The molecule has 3 aromatic rings. The molecule has 168 valence electrons. The molecule has 3 aromatic carbocycles. The Morgan fingerprint density at radius 1 is 1.00 bits per heavy atom. The van der Waals surface area contributed by atoms with E-state index in [1.807, 2.05) is 0 Å². The highest BCUT2D eigenvalue weighted by molar-refractivity contribution is 14.1. The monoisotopic (exact) mass is 570 g/mol. The number of carbonyl (C=O) groups is 1. The lowest BCUT2D eigenvalue weighted by atomic mass is 10.3. The van der Waals surface area contributed by atoms with E-state index in [0.29, 0.717) is 11.4 Å². The number of benzene rings is 3. The number of nitrogens with zero attached hydrogens (tertiary/aromatic N) is 1. The molecule has 1 N–H and O–H groups in total. The maximum absolute atomic E-state index is 14.6. The predicted molar refractivity (Wildman–Crippen MR) is 128 cm³/mol. The van der Waals surface area contributed by atoms with E-state index in [1.54, 1.807) is 24.3 Å². The standard InChI is InChI=1S/C22H20FIN2O5S/c1-30-20-12-11-17(13-21(20)31-2)32(28,29)26(19-6-4-3-5-18(19)23)14-22(27)25-16-9-7-15(24)8-10-16/h3-13H,14H2,1-2H3,(H,25,27). The van der Waals surface area contributed by atoms with Crippen LogP contribution in [0.15, 0.2) is 71.6 Å². The molecule has 1 amide bonds. The molecular formula is C22H20FIN2O5S. The highest BCUT2D eigenvalue weighted by atomic mass is 127. The molecule has 3 rings (SSSR count). The number of amides is 1. The Labute approximate surface area is 199 Å². The molecule has 32 heavy (non-hydrogen) atoms. The van der Waals surface area contributed by atoms with Gasteiger partial charge in [0.1, 0.15) is 12.4 Å². The fourth-order valence-electron chi connectivity index (χ4n) is 2.92. The maximum Gasteiger partial charge on any atom is 0.265 e. The summed E-state index contributed by atoms with van der Waals surface area (Å²) < 4.78 is 53.6. The van der Waals surface area contributed by atoms with Crippen molar-refractivity contribution in [2.45, 2.75) is 4.90 Å². The Kier molecular flexibility index (Phi) is 7.56. The van der Waals surface area contributed by atoms with Crippen LogP contribution in [-0.4, -0.2) is 35.1 Å². The van der Waals surface area contributed by atoms with Gasteiger partial charge in [0.15, 0.2) is 11.5 Å². The van der Waals surface area contributed by atoms with E-state index in [9.17, 15) is 17.6 Å². The van der Waals surface area contributed by atoms with Gasteiger partial charge in [-0.2, -0.15) is 0 Å². The fraction of sp³-hybridized carbons (Fsp3) is 0.136. The minimum absolute atomic E-state index is 0.180. The van der Waals surface area contributed by atoms with Crippen molar-refractivity contribution in [1.29, 1.82) is 0 Å². The number of anilines is 2. The number of methoxy groups -OCH3 is 2. The molecule has 0 saturated heterocycles. The predicted octanol–water partition coefficient (Wildman–Crippen LogP) is 4.28. The first-order chi connectivity index (χ1) is 15.3. The van der Waals surface area contributed by atoms with Crippen molar-refractivity contribution < 1.29 is 27.1 Å². The summed E-state index contributed by atoms with van der Waals surface area (Å²) in [4.78, 5) is 12.5. The molecule has 0 aliphatic rings. The number of sulfonamides is 1. The van der Waals surface area contributed by atoms with Crippen LogP contribution in [0, 0.1) is 9.39 Å². The molecule has 10 heteroatoms. The molecule has 0 aromatic heterocycles. The minimum Gasteiger partial charge on any atom is -0.493 e. The number of rotatable bonds is 8. The van der Waals surface area contributed by atoms with Gasteiger partial charge in [0.05, 0.1) is 24.8 Å². The Morgan fingerprint density at radius 3 is 2.28 bits per heavy atom. The van der Waals surface area contributed by atoms with Gasteiger partial charge in [0.2, 0.25) is 5.91 Å². The van der Waals surface area contributed by atoms with Crippen LogP contribution in [-0.2, 0) is 14.8 Å². The normalized spacial score (nSPS) is 11.0. The Balaban J connectivity index is 2.00. The average molecular weight is 570 g/mol. The van der Waals surface area contributed by atoms with Crippen LogP contribution in [0.4, 0.5) is 15.8 Å². The van der Waals surface area contributed by atoms with Gasteiger partial charge < -0.3 is 14.8 Å². The van der Waals surface area contributed by atoms with Gasteiger partial charge in [0, 0.05) is 15.3 Å². The van der Waals surface area contributed by atoms with Crippen molar-refractivity contribution in [3.05, 3.63) is 76.1 Å². The maximum atomic E-state index is 14.6. The molecule has 0 bridgehead atoms. The molecule has 0 aliphatic heterocycles. The quantitative estimate of drug-likeness (QED) is 0.409. The topological polar surface area (TPSA) is 84.9 Å². The van der Waals surface area contributed by atoms with Gasteiger partial charge in [-0.3, -0.25) is 9.10 Å². The summed E-state index contributed by atoms with van der Waals surface area (Å²) in [6.07, 6.45) is 0. The summed E-state index contributed by atoms with van der Waals surface area (Å²) >= 11 is 2.13. The summed E-state index contributed by atoms with van der Waals surface area (Å²) in [7, 11) is -1.54. The fourth-order valence-corrected chi connectivity index (χ4v) is 4.73. The molecule has 0 saturated carbocycles. The lowest BCUT2D eigenvalue weighted by Gasteiger charge is -2.25. The minimum atomic E-state index is -4.33. The van der Waals surface area contributed by atoms with Crippen LogP contribution in [0.1, 0.15) is 0 Å². The van der Waals surface area contributed by atoms with Crippen LogP contribution in [0.5, 0.6) is 11.5 Å². The summed E-state index contributed by atoms with van der Waals surface area (Å²) in [5, 5.41) is 2.64. The van der Waals surface area contributed by atoms with Crippen molar-refractivity contribution in [3.8, 4) is 11.5 Å². The lowest BCUT2D eigenvalue weighted by molar-refractivity contribution is -0.114. The van der Waals surface area contributed by atoms with Crippen molar-refractivity contribution in [2.75, 3.05) is 30.4 Å². The number of para-hydroxylation sites is 1. The summed E-state index contributed by atoms with van der Waals surface area (Å²) in [6, 6.07) is 16.3. The number of hydrogen-bond donors (Lipinski definition) is 1. The Morgan fingerprint density at radius 2 is 1.66 bits per heavy atom. The molecule has 7 nitrogen and oxygen atoms in total. The second kappa shape index (κ2) is 10.2. The molecule has 0 fully saturated rings. The summed E-state index contributed by atoms with van der Waals surface area (Å²) in [5.41, 5.74) is 0.243. The molecule has 0 unspecified atom stereocenters. The second-order valence-corrected chi connectivity index (χ2v) is 9.64. The van der Waals surface area contributed by atoms with Gasteiger partial charge in [0.25, 0.3) is 10.0 Å².